The fraction of sp³-hybridized carbons (Fsp3) is 0.632. The van der Waals surface area contributed by atoms with E-state index in [9.17, 15) is 24.3 Å². The predicted octanol–water partition coefficient (Wildman–Crippen LogP) is -1.08. The third-order valence-electron chi connectivity index (χ3n) is 5.21. The zero-order valence-corrected chi connectivity index (χ0v) is 17.2. The van der Waals surface area contributed by atoms with Crippen molar-refractivity contribution in [3.8, 4) is 0 Å². The Bertz CT molecular complexity index is 732. The lowest BCUT2D eigenvalue weighted by Crippen LogP contribution is -2.55. The highest BCUT2D eigenvalue weighted by Gasteiger charge is 2.30. The molecule has 0 bridgehead atoms. The highest BCUT2D eigenvalue weighted by molar-refractivity contribution is 5.92. The molecule has 11 nitrogen and oxygen atoms in total. The minimum atomic E-state index is -1.20. The standard InChI is InChI=1S/C19H30N6O5/c1-3-11(2)16(25-17(27)13-5-4-6-21-13)18(28)22-9-15(26)24-14(19(29)30)7-12-8-20-10-23-12/h8,10-11,13-14,16,21H,3-7,9H2,1-2H3,(H,20,23)(H,22,28)(H,24,26)(H,25,27)(H,29,30). The van der Waals surface area contributed by atoms with E-state index in [-0.39, 0.29) is 24.3 Å². The molecule has 1 aliphatic heterocycles. The highest BCUT2D eigenvalue weighted by atomic mass is 16.4. The van der Waals surface area contributed by atoms with Gasteiger partial charge in [-0.05, 0) is 25.3 Å². The van der Waals surface area contributed by atoms with Gasteiger partial charge in [-0.15, -0.1) is 0 Å². The van der Waals surface area contributed by atoms with E-state index in [1.165, 1.54) is 12.5 Å². The van der Waals surface area contributed by atoms with Crippen LogP contribution in [0.3, 0.4) is 0 Å². The molecule has 1 saturated heterocycles. The number of carboxylic acid groups (broad SMARTS) is 1. The van der Waals surface area contributed by atoms with Crippen LogP contribution in [-0.2, 0) is 25.6 Å². The van der Waals surface area contributed by atoms with Crippen LogP contribution in [0.4, 0.5) is 0 Å². The number of aromatic amines is 1. The molecular weight excluding hydrogens is 392 g/mol. The average Bonchev–Trinajstić information content (AvgIpc) is 3.43. The van der Waals surface area contributed by atoms with Crippen molar-refractivity contribution in [3.05, 3.63) is 18.2 Å². The molecule has 11 heteroatoms. The molecule has 6 N–H and O–H groups in total. The summed E-state index contributed by atoms with van der Waals surface area (Å²) >= 11 is 0. The topological polar surface area (TPSA) is 165 Å². The molecule has 1 aromatic rings. The van der Waals surface area contributed by atoms with Gasteiger partial charge in [0.2, 0.25) is 17.7 Å². The number of rotatable bonds is 11. The van der Waals surface area contributed by atoms with E-state index < -0.39 is 36.4 Å². The second-order valence-corrected chi connectivity index (χ2v) is 7.48. The molecule has 166 valence electrons. The van der Waals surface area contributed by atoms with E-state index in [2.05, 4.69) is 31.2 Å². The monoisotopic (exact) mass is 422 g/mol. The fourth-order valence-corrected chi connectivity index (χ4v) is 3.20. The summed E-state index contributed by atoms with van der Waals surface area (Å²) in [6.45, 7) is 4.12. The van der Waals surface area contributed by atoms with Gasteiger partial charge in [0.15, 0.2) is 0 Å². The van der Waals surface area contributed by atoms with Crippen LogP contribution in [0.15, 0.2) is 12.5 Å². The molecule has 2 heterocycles. The van der Waals surface area contributed by atoms with E-state index in [4.69, 9.17) is 0 Å². The Hall–Kier alpha value is -2.95. The van der Waals surface area contributed by atoms with Crippen LogP contribution >= 0.6 is 0 Å². The molecule has 0 aromatic carbocycles. The van der Waals surface area contributed by atoms with Gasteiger partial charge >= 0.3 is 5.97 Å². The van der Waals surface area contributed by atoms with E-state index in [1.54, 1.807) is 0 Å². The Morgan fingerprint density at radius 2 is 2.07 bits per heavy atom. The highest BCUT2D eigenvalue weighted by Crippen LogP contribution is 2.11. The lowest BCUT2D eigenvalue weighted by molar-refractivity contribution is -0.141. The molecule has 4 unspecified atom stereocenters. The largest absolute Gasteiger partial charge is 0.480 e. The van der Waals surface area contributed by atoms with Crippen molar-refractivity contribution >= 4 is 23.7 Å². The van der Waals surface area contributed by atoms with Gasteiger partial charge in [-0.3, -0.25) is 14.4 Å². The summed E-state index contributed by atoms with van der Waals surface area (Å²) < 4.78 is 0. The molecule has 4 atom stereocenters. The predicted molar refractivity (Wildman–Crippen MR) is 107 cm³/mol. The number of nitrogens with one attached hydrogen (secondary N) is 5. The average molecular weight is 422 g/mol. The number of aliphatic carboxylic acids is 1. The molecule has 3 amide bonds. The number of H-pyrrole nitrogens is 1. The first-order valence-corrected chi connectivity index (χ1v) is 10.1. The zero-order chi connectivity index (χ0) is 22.1. The van der Waals surface area contributed by atoms with Gasteiger partial charge in [0, 0.05) is 18.3 Å². The Morgan fingerprint density at radius 1 is 1.30 bits per heavy atom. The number of amides is 3. The summed E-state index contributed by atoms with van der Waals surface area (Å²) in [4.78, 5) is 55.2. The van der Waals surface area contributed by atoms with Crippen molar-refractivity contribution in [2.75, 3.05) is 13.1 Å². The molecule has 0 saturated carbocycles. The second-order valence-electron chi connectivity index (χ2n) is 7.48. The van der Waals surface area contributed by atoms with Gasteiger partial charge in [-0.25, -0.2) is 9.78 Å². The Balaban J connectivity index is 1.88. The number of hydrogen-bond acceptors (Lipinski definition) is 6. The third kappa shape index (κ3) is 6.83. The van der Waals surface area contributed by atoms with Gasteiger partial charge in [-0.1, -0.05) is 20.3 Å². The summed E-state index contributed by atoms with van der Waals surface area (Å²) in [6, 6.07) is -2.25. The van der Waals surface area contributed by atoms with Crippen LogP contribution in [-0.4, -0.2) is 70.0 Å². The van der Waals surface area contributed by atoms with Gasteiger partial charge in [0.25, 0.3) is 0 Å². The molecule has 0 radical (unpaired) electrons. The Labute approximate surface area is 174 Å². The van der Waals surface area contributed by atoms with E-state index in [0.29, 0.717) is 12.1 Å². The first-order valence-electron chi connectivity index (χ1n) is 10.1. The number of hydrogen-bond donors (Lipinski definition) is 6. The van der Waals surface area contributed by atoms with Gasteiger partial charge in [0.05, 0.1) is 18.9 Å². The quantitative estimate of drug-likeness (QED) is 0.264. The van der Waals surface area contributed by atoms with Crippen LogP contribution in [0, 0.1) is 5.92 Å². The van der Waals surface area contributed by atoms with E-state index >= 15 is 0 Å². The number of carbonyl (C=O) groups is 4. The number of aromatic nitrogens is 2. The minimum absolute atomic E-state index is 0.0367. The lowest BCUT2D eigenvalue weighted by Gasteiger charge is -2.25. The smallest absolute Gasteiger partial charge is 0.326 e. The maximum absolute atomic E-state index is 12.6. The third-order valence-corrected chi connectivity index (χ3v) is 5.21. The summed E-state index contributed by atoms with van der Waals surface area (Å²) in [5.74, 6) is -2.68. The summed E-state index contributed by atoms with van der Waals surface area (Å²) in [5, 5.41) is 20.0. The lowest BCUT2D eigenvalue weighted by atomic mass is 9.97. The van der Waals surface area contributed by atoms with Crippen molar-refractivity contribution in [2.24, 2.45) is 5.92 Å². The van der Waals surface area contributed by atoms with Gasteiger partial charge in [0.1, 0.15) is 12.1 Å². The van der Waals surface area contributed by atoms with Crippen molar-refractivity contribution in [1.29, 1.82) is 0 Å². The van der Waals surface area contributed by atoms with Gasteiger partial charge in [-0.2, -0.15) is 0 Å². The SMILES string of the molecule is CCC(C)C(NC(=O)C1CCCN1)C(=O)NCC(=O)NC(Cc1cnc[nH]1)C(=O)O. The molecule has 1 fully saturated rings. The number of imidazole rings is 1. The van der Waals surface area contributed by atoms with Crippen LogP contribution in [0.25, 0.3) is 0 Å². The van der Waals surface area contributed by atoms with Crippen LogP contribution in [0.2, 0.25) is 0 Å². The molecule has 1 aliphatic rings. The molecule has 0 aliphatic carbocycles. The minimum Gasteiger partial charge on any atom is -0.480 e. The summed E-state index contributed by atoms with van der Waals surface area (Å²) in [5.41, 5.74) is 0.562. The number of nitrogens with zero attached hydrogens (tertiary/aromatic N) is 1. The van der Waals surface area contributed by atoms with Crippen LogP contribution < -0.4 is 21.3 Å². The molecule has 0 spiro atoms. The molecule has 2 rings (SSSR count). The maximum Gasteiger partial charge on any atom is 0.326 e. The normalized spacial score (nSPS) is 18.8. The Kier molecular flexibility index (Phi) is 8.78. The summed E-state index contributed by atoms with van der Waals surface area (Å²) in [7, 11) is 0. The molecule has 30 heavy (non-hydrogen) atoms. The molecule has 1 aromatic heterocycles. The van der Waals surface area contributed by atoms with Crippen LogP contribution in [0.1, 0.15) is 38.8 Å². The van der Waals surface area contributed by atoms with E-state index in [1.807, 2.05) is 13.8 Å². The van der Waals surface area contributed by atoms with Crippen LogP contribution in [0.5, 0.6) is 0 Å². The number of carbonyl (C=O) groups excluding carboxylic acids is 3. The van der Waals surface area contributed by atoms with E-state index in [0.717, 1.165) is 19.4 Å². The first-order chi connectivity index (χ1) is 14.3. The first kappa shape index (κ1) is 23.3. The van der Waals surface area contributed by atoms with Crippen molar-refractivity contribution < 1.29 is 24.3 Å². The Morgan fingerprint density at radius 3 is 2.63 bits per heavy atom. The molecular formula is C19H30N6O5. The second kappa shape index (κ2) is 11.3. The zero-order valence-electron chi connectivity index (χ0n) is 17.2. The van der Waals surface area contributed by atoms with Crippen molar-refractivity contribution in [2.45, 2.75) is 57.7 Å². The van der Waals surface area contributed by atoms with Gasteiger partial charge < -0.3 is 31.4 Å². The maximum atomic E-state index is 12.6. The summed E-state index contributed by atoms with van der Waals surface area (Å²) in [6.07, 6.45) is 5.21. The van der Waals surface area contributed by atoms with Crippen molar-refractivity contribution in [3.63, 3.8) is 0 Å². The number of carboxylic acids is 1. The fourth-order valence-electron chi connectivity index (χ4n) is 3.20. The van der Waals surface area contributed by atoms with Crippen molar-refractivity contribution in [1.82, 2.24) is 31.2 Å².